The summed E-state index contributed by atoms with van der Waals surface area (Å²) in [7, 11) is 0. The monoisotopic (exact) mass is 349 g/mol. The Kier molecular flexibility index (Phi) is 5.37. The molecule has 0 saturated heterocycles. The maximum absolute atomic E-state index is 12.5. The molecule has 0 aliphatic rings. The van der Waals surface area contributed by atoms with Gasteiger partial charge in [-0.05, 0) is 50.1 Å². The normalized spacial score (nSPS) is 11.8. The number of hydrogen-bond donors (Lipinski definition) is 1. The lowest BCUT2D eigenvalue weighted by Gasteiger charge is -2.16. The summed E-state index contributed by atoms with van der Waals surface area (Å²) in [6, 6.07) is 17.3. The molecule has 0 aliphatic carbocycles. The second-order valence-corrected chi connectivity index (χ2v) is 6.38. The van der Waals surface area contributed by atoms with Crippen LogP contribution in [0, 0.1) is 13.8 Å². The smallest absolute Gasteiger partial charge is 0.272 e. The molecule has 0 aliphatic heterocycles. The van der Waals surface area contributed by atoms with Crippen molar-refractivity contribution in [1.82, 2.24) is 15.1 Å². The quantitative estimate of drug-likeness (QED) is 0.731. The third kappa shape index (κ3) is 4.30. The molecule has 5 heteroatoms. The summed E-state index contributed by atoms with van der Waals surface area (Å²) in [5, 5.41) is 7.29. The van der Waals surface area contributed by atoms with Gasteiger partial charge in [-0.15, -0.1) is 0 Å². The van der Waals surface area contributed by atoms with Crippen molar-refractivity contribution in [3.63, 3.8) is 0 Å². The van der Waals surface area contributed by atoms with E-state index in [-0.39, 0.29) is 18.7 Å². The highest BCUT2D eigenvalue weighted by molar-refractivity contribution is 5.92. The van der Waals surface area contributed by atoms with Gasteiger partial charge in [0.05, 0.1) is 6.04 Å². The van der Waals surface area contributed by atoms with Gasteiger partial charge in [0.1, 0.15) is 11.4 Å². The standard InChI is InChI=1S/C21H23N3O2/c1-15-9-10-19(16(2)13-15)17(3)22-21(25)20-11-12-24(23-20)14-26-18-7-5-4-6-8-18/h4-13,17H,14H2,1-3H3,(H,22,25)/t17-/m0/s1. The van der Waals surface area contributed by atoms with Crippen LogP contribution >= 0.6 is 0 Å². The zero-order valence-electron chi connectivity index (χ0n) is 15.3. The summed E-state index contributed by atoms with van der Waals surface area (Å²) in [4.78, 5) is 12.5. The van der Waals surface area contributed by atoms with Gasteiger partial charge in [-0.25, -0.2) is 4.68 Å². The molecule has 5 nitrogen and oxygen atoms in total. The highest BCUT2D eigenvalue weighted by Gasteiger charge is 2.15. The first-order valence-corrected chi connectivity index (χ1v) is 8.62. The fourth-order valence-electron chi connectivity index (χ4n) is 2.87. The van der Waals surface area contributed by atoms with Gasteiger partial charge in [-0.2, -0.15) is 5.10 Å². The molecule has 1 amide bonds. The Morgan fingerprint density at radius 1 is 1.15 bits per heavy atom. The average molecular weight is 349 g/mol. The summed E-state index contributed by atoms with van der Waals surface area (Å²) in [5.74, 6) is 0.563. The highest BCUT2D eigenvalue weighted by Crippen LogP contribution is 2.19. The number of amides is 1. The van der Waals surface area contributed by atoms with Crippen LogP contribution in [-0.2, 0) is 6.73 Å². The molecule has 0 radical (unpaired) electrons. The van der Waals surface area contributed by atoms with Crippen LogP contribution in [0.5, 0.6) is 5.75 Å². The number of nitrogens with zero attached hydrogens (tertiary/aromatic N) is 2. The van der Waals surface area contributed by atoms with Crippen molar-refractivity contribution in [2.24, 2.45) is 0 Å². The predicted octanol–water partition coefficient (Wildman–Crippen LogP) is 4.03. The number of carbonyl (C=O) groups excluding carboxylic acids is 1. The molecule has 1 aromatic heterocycles. The van der Waals surface area contributed by atoms with Gasteiger partial charge in [0.15, 0.2) is 6.73 Å². The highest BCUT2D eigenvalue weighted by atomic mass is 16.5. The van der Waals surface area contributed by atoms with E-state index >= 15 is 0 Å². The van der Waals surface area contributed by atoms with E-state index in [9.17, 15) is 4.79 Å². The van der Waals surface area contributed by atoms with Crippen molar-refractivity contribution in [3.05, 3.63) is 83.2 Å². The van der Waals surface area contributed by atoms with E-state index in [4.69, 9.17) is 4.74 Å². The molecule has 0 bridgehead atoms. The van der Waals surface area contributed by atoms with E-state index in [0.717, 1.165) is 11.3 Å². The number of carbonyl (C=O) groups is 1. The van der Waals surface area contributed by atoms with Crippen LogP contribution in [0.1, 0.15) is 40.1 Å². The fourth-order valence-corrected chi connectivity index (χ4v) is 2.87. The van der Waals surface area contributed by atoms with E-state index in [1.165, 1.54) is 11.1 Å². The zero-order valence-corrected chi connectivity index (χ0v) is 15.3. The summed E-state index contributed by atoms with van der Waals surface area (Å²) >= 11 is 0. The minimum Gasteiger partial charge on any atom is -0.471 e. The van der Waals surface area contributed by atoms with E-state index in [0.29, 0.717) is 5.69 Å². The largest absolute Gasteiger partial charge is 0.471 e. The van der Waals surface area contributed by atoms with Gasteiger partial charge < -0.3 is 10.1 Å². The van der Waals surface area contributed by atoms with Crippen molar-refractivity contribution in [3.8, 4) is 5.75 Å². The van der Waals surface area contributed by atoms with Crippen LogP contribution in [0.15, 0.2) is 60.8 Å². The predicted molar refractivity (Wildman–Crippen MR) is 101 cm³/mol. The molecule has 0 fully saturated rings. The first-order valence-electron chi connectivity index (χ1n) is 8.62. The second kappa shape index (κ2) is 7.87. The molecule has 26 heavy (non-hydrogen) atoms. The molecular weight excluding hydrogens is 326 g/mol. The number of aryl methyl sites for hydroxylation is 2. The maximum Gasteiger partial charge on any atom is 0.272 e. The second-order valence-electron chi connectivity index (χ2n) is 6.38. The molecule has 134 valence electrons. The minimum absolute atomic E-state index is 0.0891. The number of rotatable bonds is 6. The Morgan fingerprint density at radius 3 is 2.65 bits per heavy atom. The molecule has 0 unspecified atom stereocenters. The van der Waals surface area contributed by atoms with Gasteiger partial charge in [0.25, 0.3) is 5.91 Å². The molecular formula is C21H23N3O2. The summed E-state index contributed by atoms with van der Waals surface area (Å²) in [6.07, 6.45) is 1.74. The van der Waals surface area contributed by atoms with E-state index in [1.54, 1.807) is 16.9 Å². The van der Waals surface area contributed by atoms with Crippen LogP contribution in [0.4, 0.5) is 0 Å². The average Bonchev–Trinajstić information content (AvgIpc) is 3.10. The maximum atomic E-state index is 12.5. The van der Waals surface area contributed by atoms with E-state index in [2.05, 4.69) is 42.5 Å². The molecule has 2 aromatic carbocycles. The first kappa shape index (κ1) is 17.7. The molecule has 0 spiro atoms. The van der Waals surface area contributed by atoms with Gasteiger partial charge >= 0.3 is 0 Å². The van der Waals surface area contributed by atoms with Crippen LogP contribution in [0.2, 0.25) is 0 Å². The Balaban J connectivity index is 1.60. The SMILES string of the molecule is Cc1ccc([C@H](C)NC(=O)c2ccn(COc3ccccc3)n2)c(C)c1. The van der Waals surface area contributed by atoms with Crippen LogP contribution in [0.3, 0.4) is 0 Å². The Morgan fingerprint density at radius 2 is 1.92 bits per heavy atom. The molecule has 1 atom stereocenters. The number of para-hydroxylation sites is 1. The number of hydrogen-bond acceptors (Lipinski definition) is 3. The lowest BCUT2D eigenvalue weighted by molar-refractivity contribution is 0.0932. The molecule has 1 heterocycles. The molecule has 3 aromatic rings. The third-order valence-corrected chi connectivity index (χ3v) is 4.22. The van der Waals surface area contributed by atoms with Crippen molar-refractivity contribution >= 4 is 5.91 Å². The lowest BCUT2D eigenvalue weighted by Crippen LogP contribution is -2.27. The van der Waals surface area contributed by atoms with Crippen molar-refractivity contribution in [1.29, 1.82) is 0 Å². The number of ether oxygens (including phenoxy) is 1. The molecule has 0 saturated carbocycles. The summed E-state index contributed by atoms with van der Waals surface area (Å²) in [5.41, 5.74) is 3.86. The lowest BCUT2D eigenvalue weighted by atomic mass is 10.0. The Hall–Kier alpha value is -3.08. The topological polar surface area (TPSA) is 56.2 Å². The van der Waals surface area contributed by atoms with Crippen LogP contribution in [-0.4, -0.2) is 15.7 Å². The van der Waals surface area contributed by atoms with Gasteiger partial charge in [-0.3, -0.25) is 4.79 Å². The number of nitrogens with one attached hydrogen (secondary N) is 1. The summed E-state index contributed by atoms with van der Waals surface area (Å²) in [6.45, 7) is 6.35. The van der Waals surface area contributed by atoms with Crippen molar-refractivity contribution in [2.75, 3.05) is 0 Å². The Labute approximate surface area is 153 Å². The van der Waals surface area contributed by atoms with Gasteiger partial charge in [-0.1, -0.05) is 42.0 Å². The Bertz CT molecular complexity index is 887. The van der Waals surface area contributed by atoms with Crippen LogP contribution in [0.25, 0.3) is 0 Å². The van der Waals surface area contributed by atoms with E-state index in [1.807, 2.05) is 37.3 Å². The van der Waals surface area contributed by atoms with Crippen molar-refractivity contribution in [2.45, 2.75) is 33.5 Å². The van der Waals surface area contributed by atoms with Gasteiger partial charge in [0, 0.05) is 6.20 Å². The zero-order chi connectivity index (χ0) is 18.5. The van der Waals surface area contributed by atoms with Crippen molar-refractivity contribution < 1.29 is 9.53 Å². The minimum atomic E-state index is -0.198. The number of benzene rings is 2. The third-order valence-electron chi connectivity index (χ3n) is 4.22. The summed E-state index contributed by atoms with van der Waals surface area (Å²) < 4.78 is 7.23. The first-order chi connectivity index (χ1) is 12.5. The number of aromatic nitrogens is 2. The van der Waals surface area contributed by atoms with Gasteiger partial charge in [0.2, 0.25) is 0 Å². The van der Waals surface area contributed by atoms with Crippen LogP contribution < -0.4 is 10.1 Å². The van der Waals surface area contributed by atoms with E-state index < -0.39 is 0 Å². The fraction of sp³-hybridized carbons (Fsp3) is 0.238. The molecule has 1 N–H and O–H groups in total. The molecule has 3 rings (SSSR count).